The zero-order valence-electron chi connectivity index (χ0n) is 20.5. The average molecular weight is 658 g/mol. The van der Waals surface area contributed by atoms with Crippen LogP contribution in [0.15, 0.2) is 85.5 Å². The first-order valence-corrected chi connectivity index (χ1v) is 13.2. The number of aromatic nitrogens is 2. The minimum Gasteiger partial charge on any atom is -1.00 e. The van der Waals surface area contributed by atoms with Gasteiger partial charge in [0.15, 0.2) is 6.04 Å². The van der Waals surface area contributed by atoms with Crippen LogP contribution in [0.4, 0.5) is 0 Å². The van der Waals surface area contributed by atoms with Gasteiger partial charge in [0.2, 0.25) is 6.33 Å². The molecule has 0 spiro atoms. The lowest BCUT2D eigenvalue weighted by Crippen LogP contribution is -3.00. The Bertz CT molecular complexity index is 1370. The van der Waals surface area contributed by atoms with Crippen molar-refractivity contribution < 1.29 is 31.1 Å². The number of ether oxygens (including phenoxy) is 1. The quantitative estimate of drug-likeness (QED) is 0.260. The highest BCUT2D eigenvalue weighted by atomic mass is 79.9. The van der Waals surface area contributed by atoms with Crippen molar-refractivity contribution >= 4 is 52.3 Å². The fraction of sp³-hybridized carbons (Fsp3) is 0.214. The maximum atomic E-state index is 12.7. The summed E-state index contributed by atoms with van der Waals surface area (Å²) in [5, 5.41) is 5.13. The van der Waals surface area contributed by atoms with Crippen molar-refractivity contribution in [2.45, 2.75) is 38.8 Å². The van der Waals surface area contributed by atoms with E-state index in [2.05, 4.69) is 5.32 Å². The lowest BCUT2D eigenvalue weighted by molar-refractivity contribution is -0.705. The van der Waals surface area contributed by atoms with E-state index in [1.54, 1.807) is 24.3 Å². The number of nitrogens with one attached hydrogen (secondary N) is 1. The Hall–Kier alpha value is -2.06. The molecule has 0 saturated carbocycles. The number of amides is 1. The summed E-state index contributed by atoms with van der Waals surface area (Å²) in [4.78, 5) is 12.7. The fourth-order valence-corrected chi connectivity index (χ4v) is 4.83. The first-order chi connectivity index (χ1) is 17.8. The number of carbonyl (C=O) groups is 1. The molecule has 0 aliphatic rings. The van der Waals surface area contributed by atoms with E-state index in [4.69, 9.17) is 51.1 Å². The van der Waals surface area contributed by atoms with Gasteiger partial charge in [0, 0.05) is 32.2 Å². The Kier molecular flexibility index (Phi) is 11.5. The molecule has 2 atom stereocenters. The number of imidazole rings is 1. The number of hydrogen-bond acceptors (Lipinski definition) is 2. The van der Waals surface area contributed by atoms with Crippen molar-refractivity contribution in [1.82, 2.24) is 9.88 Å². The van der Waals surface area contributed by atoms with Gasteiger partial charge in [-0.15, -0.1) is 0 Å². The third-order valence-corrected chi connectivity index (χ3v) is 7.14. The van der Waals surface area contributed by atoms with Crippen LogP contribution >= 0.6 is 46.4 Å². The second-order valence-electron chi connectivity index (χ2n) is 8.64. The SMILES string of the molecule is CC(C(=O)NCc1ccccc1)n1cc[n+](CC(OCc2ccc(Cl)cc2Cl)c2ccc(Cl)cc2Cl)c1.[Br-]. The minimum absolute atomic E-state index is 0. The van der Waals surface area contributed by atoms with Crippen molar-refractivity contribution in [2.75, 3.05) is 0 Å². The monoisotopic (exact) mass is 655 g/mol. The summed E-state index contributed by atoms with van der Waals surface area (Å²) in [5.41, 5.74) is 2.66. The first kappa shape index (κ1) is 30.5. The molecule has 38 heavy (non-hydrogen) atoms. The molecule has 0 bridgehead atoms. The molecule has 1 amide bonds. The van der Waals surface area contributed by atoms with E-state index in [1.807, 2.05) is 77.2 Å². The Balaban J connectivity index is 0.00000400. The summed E-state index contributed by atoms with van der Waals surface area (Å²) < 4.78 is 10.1. The van der Waals surface area contributed by atoms with E-state index in [9.17, 15) is 4.79 Å². The van der Waals surface area contributed by atoms with Crippen LogP contribution < -0.4 is 26.9 Å². The van der Waals surface area contributed by atoms with E-state index in [-0.39, 0.29) is 29.5 Å². The van der Waals surface area contributed by atoms with E-state index < -0.39 is 12.1 Å². The highest BCUT2D eigenvalue weighted by Crippen LogP contribution is 2.31. The zero-order chi connectivity index (χ0) is 26.4. The van der Waals surface area contributed by atoms with Crippen molar-refractivity contribution in [3.63, 3.8) is 0 Å². The summed E-state index contributed by atoms with van der Waals surface area (Å²) in [5.74, 6) is -0.0717. The van der Waals surface area contributed by atoms with Crippen LogP contribution in [0, 0.1) is 0 Å². The van der Waals surface area contributed by atoms with Crippen molar-refractivity contribution in [3.8, 4) is 0 Å². The number of nitrogens with zero attached hydrogens (tertiary/aromatic N) is 2. The van der Waals surface area contributed by atoms with Gasteiger partial charge in [0.1, 0.15) is 25.0 Å². The van der Waals surface area contributed by atoms with Crippen LogP contribution in [0.5, 0.6) is 0 Å². The highest BCUT2D eigenvalue weighted by Gasteiger charge is 2.23. The van der Waals surface area contributed by atoms with Crippen LogP contribution in [-0.4, -0.2) is 10.5 Å². The molecule has 4 rings (SSSR count). The smallest absolute Gasteiger partial charge is 0.265 e. The van der Waals surface area contributed by atoms with Gasteiger partial charge >= 0.3 is 0 Å². The molecule has 10 heteroatoms. The number of rotatable bonds is 10. The molecule has 1 N–H and O–H groups in total. The Morgan fingerprint density at radius 2 is 1.66 bits per heavy atom. The van der Waals surface area contributed by atoms with Gasteiger partial charge in [-0.05, 0) is 42.3 Å². The average Bonchev–Trinajstić information content (AvgIpc) is 3.35. The lowest BCUT2D eigenvalue weighted by Gasteiger charge is -2.19. The predicted molar refractivity (Wildman–Crippen MR) is 148 cm³/mol. The zero-order valence-corrected chi connectivity index (χ0v) is 25.1. The fourth-order valence-electron chi connectivity index (χ4n) is 3.84. The molecular formula is C28H26BrCl4N3O2. The second-order valence-corrected chi connectivity index (χ2v) is 10.3. The molecule has 200 valence electrons. The van der Waals surface area contributed by atoms with Crippen LogP contribution in [0.2, 0.25) is 20.1 Å². The van der Waals surface area contributed by atoms with Crippen LogP contribution in [-0.2, 0) is 29.2 Å². The van der Waals surface area contributed by atoms with Crippen molar-refractivity contribution in [1.29, 1.82) is 0 Å². The minimum atomic E-state index is -0.403. The number of benzene rings is 3. The molecule has 0 aliphatic carbocycles. The molecule has 4 aromatic rings. The molecule has 0 radical (unpaired) electrons. The van der Waals surface area contributed by atoms with Gasteiger partial charge in [-0.1, -0.05) is 88.9 Å². The maximum absolute atomic E-state index is 12.7. The third kappa shape index (κ3) is 8.22. The molecule has 2 unspecified atom stereocenters. The van der Waals surface area contributed by atoms with E-state index >= 15 is 0 Å². The van der Waals surface area contributed by atoms with Gasteiger partial charge in [-0.2, -0.15) is 0 Å². The van der Waals surface area contributed by atoms with Gasteiger partial charge in [0.25, 0.3) is 5.91 Å². The third-order valence-electron chi connectivity index (χ3n) is 5.99. The highest BCUT2D eigenvalue weighted by molar-refractivity contribution is 6.35. The normalized spacial score (nSPS) is 12.4. The molecule has 1 heterocycles. The second kappa shape index (κ2) is 14.4. The topological polar surface area (TPSA) is 47.1 Å². The summed E-state index contributed by atoms with van der Waals surface area (Å²) in [7, 11) is 0. The lowest BCUT2D eigenvalue weighted by atomic mass is 10.1. The molecule has 3 aromatic carbocycles. The van der Waals surface area contributed by atoms with E-state index in [0.29, 0.717) is 33.2 Å². The number of carbonyl (C=O) groups excluding carboxylic acids is 1. The van der Waals surface area contributed by atoms with Crippen LogP contribution in [0.1, 0.15) is 35.8 Å². The molecule has 0 aliphatic heterocycles. The Morgan fingerprint density at radius 3 is 2.34 bits per heavy atom. The molecule has 5 nitrogen and oxygen atoms in total. The van der Waals surface area contributed by atoms with Crippen molar-refractivity contribution in [3.05, 3.63) is 122 Å². The first-order valence-electron chi connectivity index (χ1n) is 11.7. The van der Waals surface area contributed by atoms with Crippen molar-refractivity contribution in [2.24, 2.45) is 0 Å². The largest absolute Gasteiger partial charge is 1.00 e. The predicted octanol–water partition coefficient (Wildman–Crippen LogP) is 4.23. The van der Waals surface area contributed by atoms with E-state index in [1.165, 1.54) is 0 Å². The van der Waals surface area contributed by atoms with Gasteiger partial charge in [-0.3, -0.25) is 4.79 Å². The summed E-state index contributed by atoms with van der Waals surface area (Å²) in [6.07, 6.45) is 5.24. The summed E-state index contributed by atoms with van der Waals surface area (Å²) in [6.45, 7) is 3.05. The van der Waals surface area contributed by atoms with Crippen LogP contribution in [0.3, 0.4) is 0 Å². The van der Waals surface area contributed by atoms with Crippen LogP contribution in [0.25, 0.3) is 0 Å². The number of halogens is 5. The standard InChI is InChI=1S/C28H25Cl4N3O2.BrH/c1-19(28(36)33-15-20-5-3-2-4-6-20)35-12-11-34(18-35)16-27(24-10-9-23(30)14-26(24)32)37-17-21-7-8-22(29)13-25(21)31;/h2-14,18-19,27H,15-17H2,1H3;1H. The van der Waals surface area contributed by atoms with Gasteiger partial charge in [-0.25, -0.2) is 9.13 Å². The van der Waals surface area contributed by atoms with Gasteiger partial charge in [0.05, 0.1) is 6.61 Å². The Labute approximate surface area is 253 Å². The Morgan fingerprint density at radius 1 is 0.974 bits per heavy atom. The molecular weight excluding hydrogens is 632 g/mol. The number of hydrogen-bond donors (Lipinski definition) is 1. The summed E-state index contributed by atoms with van der Waals surface area (Å²) >= 11 is 25.0. The van der Waals surface area contributed by atoms with E-state index in [0.717, 1.165) is 16.7 Å². The molecule has 0 saturated heterocycles. The maximum Gasteiger partial charge on any atom is 0.265 e. The van der Waals surface area contributed by atoms with Gasteiger partial charge < -0.3 is 27.0 Å². The summed E-state index contributed by atoms with van der Waals surface area (Å²) in [6, 6.07) is 20.0. The molecule has 1 aromatic heterocycles. The molecule has 0 fully saturated rings.